The summed E-state index contributed by atoms with van der Waals surface area (Å²) in [6.45, 7) is 6.46. The molecule has 0 saturated heterocycles. The minimum absolute atomic E-state index is 0.0803. The fourth-order valence-electron chi connectivity index (χ4n) is 1.73. The van der Waals surface area contributed by atoms with Crippen molar-refractivity contribution in [3.63, 3.8) is 0 Å². The van der Waals surface area contributed by atoms with E-state index in [0.717, 1.165) is 10.9 Å². The highest BCUT2D eigenvalue weighted by molar-refractivity contribution is 5.96. The van der Waals surface area contributed by atoms with Gasteiger partial charge in [-0.3, -0.25) is 9.78 Å². The fourth-order valence-corrected chi connectivity index (χ4v) is 1.73. The Bertz CT molecular complexity index is 582. The molecule has 0 aliphatic carbocycles. The van der Waals surface area contributed by atoms with E-state index in [2.05, 4.69) is 37.9 Å². The first-order valence-corrected chi connectivity index (χ1v) is 5.58. The molecule has 17 heavy (non-hydrogen) atoms. The zero-order valence-corrected chi connectivity index (χ0v) is 10.3. The van der Waals surface area contributed by atoms with E-state index in [-0.39, 0.29) is 5.41 Å². The van der Waals surface area contributed by atoms with E-state index >= 15 is 0 Å². The van der Waals surface area contributed by atoms with Gasteiger partial charge in [-0.2, -0.15) is 0 Å². The molecule has 2 rings (SSSR count). The Labute approximate surface area is 101 Å². The second-order valence-corrected chi connectivity index (χ2v) is 5.25. The van der Waals surface area contributed by atoms with Crippen LogP contribution >= 0.6 is 0 Å². The molecule has 3 heteroatoms. The number of hydrogen-bond acceptors (Lipinski definition) is 2. The van der Waals surface area contributed by atoms with Crippen LogP contribution in [0, 0.1) is 0 Å². The highest BCUT2D eigenvalue weighted by atomic mass is 16.1. The second-order valence-electron chi connectivity index (χ2n) is 5.25. The van der Waals surface area contributed by atoms with Crippen LogP contribution in [0.2, 0.25) is 0 Å². The Morgan fingerprint density at radius 2 is 1.94 bits per heavy atom. The number of carbonyl (C=O) groups excluding carboxylic acids is 1. The van der Waals surface area contributed by atoms with Crippen molar-refractivity contribution < 1.29 is 4.79 Å². The normalized spacial score (nSPS) is 11.7. The summed E-state index contributed by atoms with van der Waals surface area (Å²) < 4.78 is 0. The van der Waals surface area contributed by atoms with Crippen molar-refractivity contribution >= 4 is 16.8 Å². The van der Waals surface area contributed by atoms with Gasteiger partial charge in [-0.25, -0.2) is 0 Å². The monoisotopic (exact) mass is 228 g/mol. The molecule has 0 unspecified atom stereocenters. The number of nitrogens with zero attached hydrogens (tertiary/aromatic N) is 1. The maximum Gasteiger partial charge on any atom is 0.250 e. The van der Waals surface area contributed by atoms with Crippen LogP contribution in [0.5, 0.6) is 0 Å². The van der Waals surface area contributed by atoms with Gasteiger partial charge in [0.15, 0.2) is 0 Å². The Balaban J connectivity index is 2.62. The SMILES string of the molecule is CC(C)(C)c1ccc2ncc(C(N)=O)cc2c1. The highest BCUT2D eigenvalue weighted by Gasteiger charge is 2.14. The number of nitrogens with two attached hydrogens (primary N) is 1. The summed E-state index contributed by atoms with van der Waals surface area (Å²) in [5.41, 5.74) is 7.87. The maximum atomic E-state index is 11.1. The number of benzene rings is 1. The number of carbonyl (C=O) groups is 1. The molecule has 0 radical (unpaired) electrons. The lowest BCUT2D eigenvalue weighted by atomic mass is 9.86. The third-order valence-electron chi connectivity index (χ3n) is 2.83. The molecule has 2 N–H and O–H groups in total. The topological polar surface area (TPSA) is 56.0 Å². The van der Waals surface area contributed by atoms with Crippen molar-refractivity contribution in [1.29, 1.82) is 0 Å². The Morgan fingerprint density at radius 1 is 1.24 bits per heavy atom. The maximum absolute atomic E-state index is 11.1. The molecule has 0 bridgehead atoms. The summed E-state index contributed by atoms with van der Waals surface area (Å²) in [5, 5.41) is 0.953. The van der Waals surface area contributed by atoms with Gasteiger partial charge in [0.05, 0.1) is 11.1 Å². The van der Waals surface area contributed by atoms with Crippen LogP contribution in [0.3, 0.4) is 0 Å². The lowest BCUT2D eigenvalue weighted by Crippen LogP contribution is -2.12. The standard InChI is InChI=1S/C14H16N2O/c1-14(2,3)11-4-5-12-9(7-11)6-10(8-16-12)13(15)17/h4-8H,1-3H3,(H2,15,17). The van der Waals surface area contributed by atoms with Gasteiger partial charge in [0.2, 0.25) is 5.91 Å². The van der Waals surface area contributed by atoms with Gasteiger partial charge >= 0.3 is 0 Å². The van der Waals surface area contributed by atoms with Gasteiger partial charge in [0.25, 0.3) is 0 Å². The van der Waals surface area contributed by atoms with Crippen LogP contribution in [0.1, 0.15) is 36.7 Å². The van der Waals surface area contributed by atoms with Crippen molar-refractivity contribution in [2.75, 3.05) is 0 Å². The fraction of sp³-hybridized carbons (Fsp3) is 0.286. The second kappa shape index (κ2) is 3.84. The molecule has 3 nitrogen and oxygen atoms in total. The van der Waals surface area contributed by atoms with Gasteiger partial charge in [0, 0.05) is 11.6 Å². The van der Waals surface area contributed by atoms with E-state index in [9.17, 15) is 4.79 Å². The lowest BCUT2D eigenvalue weighted by molar-refractivity contribution is 0.1000. The van der Waals surface area contributed by atoms with Gasteiger partial charge < -0.3 is 5.73 Å². The molecule has 1 aromatic carbocycles. The molecule has 1 aromatic heterocycles. The molecular weight excluding hydrogens is 212 g/mol. The molecule has 0 aliphatic rings. The average molecular weight is 228 g/mol. The number of rotatable bonds is 1. The molecule has 2 aromatic rings. The van der Waals surface area contributed by atoms with Crippen LogP contribution < -0.4 is 5.73 Å². The molecule has 0 aliphatic heterocycles. The van der Waals surface area contributed by atoms with Crippen LogP contribution in [0.25, 0.3) is 10.9 Å². The highest BCUT2D eigenvalue weighted by Crippen LogP contribution is 2.25. The number of amides is 1. The number of hydrogen-bond donors (Lipinski definition) is 1. The first-order chi connectivity index (χ1) is 7.88. The van der Waals surface area contributed by atoms with E-state index in [1.165, 1.54) is 11.8 Å². The third kappa shape index (κ3) is 2.28. The predicted molar refractivity (Wildman–Crippen MR) is 69.0 cm³/mol. The number of fused-ring (bicyclic) bond motifs is 1. The van der Waals surface area contributed by atoms with Crippen LogP contribution in [-0.4, -0.2) is 10.9 Å². The molecule has 88 valence electrons. The summed E-state index contributed by atoms with van der Waals surface area (Å²) in [6.07, 6.45) is 1.52. The third-order valence-corrected chi connectivity index (χ3v) is 2.83. The van der Waals surface area contributed by atoms with Crippen LogP contribution in [0.15, 0.2) is 30.5 Å². The van der Waals surface area contributed by atoms with Gasteiger partial charge in [-0.1, -0.05) is 26.8 Å². The number of aromatic nitrogens is 1. The Hall–Kier alpha value is -1.90. The first-order valence-electron chi connectivity index (χ1n) is 5.58. The quantitative estimate of drug-likeness (QED) is 0.815. The summed E-state index contributed by atoms with van der Waals surface area (Å²) in [7, 11) is 0. The Kier molecular flexibility index (Phi) is 2.62. The van der Waals surface area contributed by atoms with E-state index in [0.29, 0.717) is 5.56 Å². The number of primary amides is 1. The van der Waals surface area contributed by atoms with E-state index in [1.54, 1.807) is 6.07 Å². The molecule has 0 saturated carbocycles. The van der Waals surface area contributed by atoms with Gasteiger partial charge in [0.1, 0.15) is 0 Å². The first kappa shape index (κ1) is 11.6. The largest absolute Gasteiger partial charge is 0.366 e. The zero-order valence-electron chi connectivity index (χ0n) is 10.3. The Morgan fingerprint density at radius 3 is 2.53 bits per heavy atom. The molecule has 0 spiro atoms. The summed E-state index contributed by atoms with van der Waals surface area (Å²) in [5.74, 6) is -0.444. The molecule has 1 heterocycles. The predicted octanol–water partition coefficient (Wildman–Crippen LogP) is 2.63. The van der Waals surface area contributed by atoms with Crippen LogP contribution in [0.4, 0.5) is 0 Å². The van der Waals surface area contributed by atoms with Gasteiger partial charge in [-0.05, 0) is 29.2 Å². The van der Waals surface area contributed by atoms with Crippen molar-refractivity contribution in [1.82, 2.24) is 4.98 Å². The molecule has 1 amide bonds. The summed E-state index contributed by atoms with van der Waals surface area (Å²) in [6, 6.07) is 7.90. The summed E-state index contributed by atoms with van der Waals surface area (Å²) >= 11 is 0. The van der Waals surface area contributed by atoms with Crippen molar-refractivity contribution in [3.05, 3.63) is 41.6 Å². The lowest BCUT2D eigenvalue weighted by Gasteiger charge is -2.19. The molecule has 0 atom stereocenters. The minimum Gasteiger partial charge on any atom is -0.366 e. The van der Waals surface area contributed by atoms with Gasteiger partial charge in [-0.15, -0.1) is 0 Å². The smallest absolute Gasteiger partial charge is 0.250 e. The minimum atomic E-state index is -0.444. The van der Waals surface area contributed by atoms with E-state index in [4.69, 9.17) is 5.73 Å². The summed E-state index contributed by atoms with van der Waals surface area (Å²) in [4.78, 5) is 15.3. The number of pyridine rings is 1. The van der Waals surface area contributed by atoms with Crippen molar-refractivity contribution in [2.24, 2.45) is 5.73 Å². The van der Waals surface area contributed by atoms with Crippen molar-refractivity contribution in [3.8, 4) is 0 Å². The van der Waals surface area contributed by atoms with Crippen molar-refractivity contribution in [2.45, 2.75) is 26.2 Å². The molecule has 0 fully saturated rings. The van der Waals surface area contributed by atoms with E-state index < -0.39 is 5.91 Å². The zero-order chi connectivity index (χ0) is 12.6. The van der Waals surface area contributed by atoms with E-state index in [1.807, 2.05) is 6.07 Å². The molecular formula is C14H16N2O. The van der Waals surface area contributed by atoms with Crippen LogP contribution in [-0.2, 0) is 5.41 Å². The average Bonchev–Trinajstić information content (AvgIpc) is 2.26.